The average Bonchev–Trinajstić information content (AvgIpc) is 2.39. The van der Waals surface area contributed by atoms with Crippen LogP contribution in [0, 0.1) is 13.8 Å². The predicted octanol–water partition coefficient (Wildman–Crippen LogP) is 3.04. The van der Waals surface area contributed by atoms with Crippen LogP contribution in [0.4, 0.5) is 0 Å². The van der Waals surface area contributed by atoms with Crippen molar-refractivity contribution < 1.29 is 0 Å². The van der Waals surface area contributed by atoms with Crippen molar-refractivity contribution in [1.29, 1.82) is 0 Å². The van der Waals surface area contributed by atoms with Gasteiger partial charge in [0.2, 0.25) is 4.80 Å². The van der Waals surface area contributed by atoms with Crippen LogP contribution in [0.2, 0.25) is 0 Å². The Hall–Kier alpha value is -0.900. The standard InChI is InChI=1S/C11H19N3S/c1-7(2)12-13-11-14(8(3)4)9(5)10(6)15-11/h8H,1-6H3/b13-11-. The lowest BCUT2D eigenvalue weighted by molar-refractivity contribution is 0.565. The van der Waals surface area contributed by atoms with Gasteiger partial charge < -0.3 is 4.57 Å². The van der Waals surface area contributed by atoms with Gasteiger partial charge in [0.15, 0.2) is 0 Å². The summed E-state index contributed by atoms with van der Waals surface area (Å²) in [6, 6.07) is 0.432. The molecule has 4 heteroatoms. The Kier molecular flexibility index (Phi) is 3.85. The Labute approximate surface area is 95.2 Å². The molecule has 0 N–H and O–H groups in total. The minimum atomic E-state index is 0.432. The molecule has 15 heavy (non-hydrogen) atoms. The van der Waals surface area contributed by atoms with E-state index in [1.54, 1.807) is 11.3 Å². The maximum absolute atomic E-state index is 4.28. The van der Waals surface area contributed by atoms with Crippen molar-refractivity contribution in [2.24, 2.45) is 10.2 Å². The van der Waals surface area contributed by atoms with Gasteiger partial charge in [-0.25, -0.2) is 0 Å². The summed E-state index contributed by atoms with van der Waals surface area (Å²) in [4.78, 5) is 2.30. The number of aryl methyl sites for hydroxylation is 1. The average molecular weight is 225 g/mol. The first-order valence-corrected chi connectivity index (χ1v) is 5.98. The number of rotatable bonds is 2. The second-order valence-corrected chi connectivity index (χ2v) is 5.32. The van der Waals surface area contributed by atoms with Gasteiger partial charge in [0.25, 0.3) is 0 Å². The molecule has 1 rings (SSSR count). The zero-order valence-electron chi connectivity index (χ0n) is 10.3. The zero-order chi connectivity index (χ0) is 11.6. The van der Waals surface area contributed by atoms with Gasteiger partial charge in [-0.1, -0.05) is 0 Å². The van der Waals surface area contributed by atoms with Crippen molar-refractivity contribution in [2.45, 2.75) is 47.6 Å². The first kappa shape index (κ1) is 12.2. The third-order valence-electron chi connectivity index (χ3n) is 2.17. The van der Waals surface area contributed by atoms with E-state index in [0.29, 0.717) is 6.04 Å². The van der Waals surface area contributed by atoms with E-state index in [1.807, 2.05) is 13.8 Å². The first-order valence-electron chi connectivity index (χ1n) is 5.17. The molecule has 0 unspecified atom stereocenters. The van der Waals surface area contributed by atoms with Gasteiger partial charge in [-0.2, -0.15) is 5.10 Å². The predicted molar refractivity (Wildman–Crippen MR) is 66.5 cm³/mol. The minimum Gasteiger partial charge on any atom is -0.317 e. The van der Waals surface area contributed by atoms with Crippen LogP contribution in [0.3, 0.4) is 0 Å². The van der Waals surface area contributed by atoms with Gasteiger partial charge >= 0.3 is 0 Å². The summed E-state index contributed by atoms with van der Waals surface area (Å²) in [5.41, 5.74) is 2.27. The normalized spacial score (nSPS) is 12.3. The summed E-state index contributed by atoms with van der Waals surface area (Å²) in [7, 11) is 0. The molecule has 1 aromatic heterocycles. The summed E-state index contributed by atoms with van der Waals surface area (Å²) >= 11 is 1.70. The van der Waals surface area contributed by atoms with Crippen LogP contribution in [0.1, 0.15) is 44.3 Å². The molecule has 0 spiro atoms. The molecule has 0 aliphatic carbocycles. The van der Waals surface area contributed by atoms with Crippen LogP contribution < -0.4 is 4.80 Å². The molecule has 0 saturated carbocycles. The molecule has 0 fully saturated rings. The van der Waals surface area contributed by atoms with Crippen LogP contribution in [-0.2, 0) is 0 Å². The summed E-state index contributed by atoms with van der Waals surface area (Å²) in [6.45, 7) is 12.5. The lowest BCUT2D eigenvalue weighted by Crippen LogP contribution is -2.18. The van der Waals surface area contributed by atoms with E-state index in [0.717, 1.165) is 10.5 Å². The molecule has 0 atom stereocenters. The Morgan fingerprint density at radius 3 is 2.33 bits per heavy atom. The van der Waals surface area contributed by atoms with Gasteiger partial charge in [0.1, 0.15) is 0 Å². The minimum absolute atomic E-state index is 0.432. The Morgan fingerprint density at radius 1 is 1.27 bits per heavy atom. The number of aromatic nitrogens is 1. The molecule has 0 bridgehead atoms. The van der Waals surface area contributed by atoms with Crippen LogP contribution in [0.25, 0.3) is 0 Å². The fourth-order valence-corrected chi connectivity index (χ4v) is 2.44. The lowest BCUT2D eigenvalue weighted by Gasteiger charge is -2.09. The monoisotopic (exact) mass is 225 g/mol. The van der Waals surface area contributed by atoms with Crippen LogP contribution >= 0.6 is 11.3 Å². The van der Waals surface area contributed by atoms with Crippen molar-refractivity contribution in [3.63, 3.8) is 0 Å². The fourth-order valence-electron chi connectivity index (χ4n) is 1.39. The largest absolute Gasteiger partial charge is 0.317 e. The number of thiazole rings is 1. The highest BCUT2D eigenvalue weighted by Crippen LogP contribution is 2.14. The molecule has 3 nitrogen and oxygen atoms in total. The summed E-state index contributed by atoms with van der Waals surface area (Å²) in [5, 5.41) is 8.40. The van der Waals surface area contributed by atoms with Crippen molar-refractivity contribution in [1.82, 2.24) is 4.57 Å². The second kappa shape index (κ2) is 4.75. The Morgan fingerprint density at radius 2 is 1.87 bits per heavy atom. The van der Waals surface area contributed by atoms with Crippen molar-refractivity contribution in [3.8, 4) is 0 Å². The number of hydrogen-bond acceptors (Lipinski definition) is 3. The molecule has 0 aliphatic heterocycles. The molecule has 84 valence electrons. The first-order chi connectivity index (χ1) is 6.93. The van der Waals surface area contributed by atoms with Crippen molar-refractivity contribution in [3.05, 3.63) is 15.4 Å². The molecule has 1 aromatic rings. The van der Waals surface area contributed by atoms with E-state index in [9.17, 15) is 0 Å². The molecule has 0 saturated heterocycles. The maximum atomic E-state index is 4.28. The van der Waals surface area contributed by atoms with E-state index in [4.69, 9.17) is 0 Å². The molecule has 0 aromatic carbocycles. The molecule has 0 radical (unpaired) electrons. The zero-order valence-corrected chi connectivity index (χ0v) is 11.1. The molecular weight excluding hydrogens is 206 g/mol. The molecule has 0 amide bonds. The van der Waals surface area contributed by atoms with Gasteiger partial charge in [0.05, 0.1) is 0 Å². The summed E-state index contributed by atoms with van der Waals surface area (Å²) in [5.74, 6) is 0. The topological polar surface area (TPSA) is 29.6 Å². The summed E-state index contributed by atoms with van der Waals surface area (Å²) < 4.78 is 2.23. The van der Waals surface area contributed by atoms with Crippen LogP contribution in [0.5, 0.6) is 0 Å². The smallest absolute Gasteiger partial charge is 0.211 e. The quantitative estimate of drug-likeness (QED) is 0.547. The van der Waals surface area contributed by atoms with Gasteiger partial charge in [-0.05, 0) is 41.5 Å². The highest BCUT2D eigenvalue weighted by molar-refractivity contribution is 7.09. The number of nitrogens with zero attached hydrogens (tertiary/aromatic N) is 3. The van der Waals surface area contributed by atoms with E-state index < -0.39 is 0 Å². The lowest BCUT2D eigenvalue weighted by atomic mass is 10.3. The van der Waals surface area contributed by atoms with E-state index in [-0.39, 0.29) is 0 Å². The number of hydrogen-bond donors (Lipinski definition) is 0. The van der Waals surface area contributed by atoms with Crippen LogP contribution in [0.15, 0.2) is 10.2 Å². The van der Waals surface area contributed by atoms with Gasteiger partial charge in [-0.15, -0.1) is 16.4 Å². The van der Waals surface area contributed by atoms with E-state index in [1.165, 1.54) is 10.6 Å². The Balaban J connectivity index is 3.36. The maximum Gasteiger partial charge on any atom is 0.211 e. The second-order valence-electron chi connectivity index (χ2n) is 4.14. The summed E-state index contributed by atoms with van der Waals surface area (Å²) in [6.07, 6.45) is 0. The third kappa shape index (κ3) is 2.78. The van der Waals surface area contributed by atoms with Gasteiger partial charge in [0, 0.05) is 22.3 Å². The SMILES string of the molecule is CC(C)=N/N=c1\sc(C)c(C)n1C(C)C. The van der Waals surface area contributed by atoms with Crippen molar-refractivity contribution in [2.75, 3.05) is 0 Å². The third-order valence-corrected chi connectivity index (χ3v) is 3.24. The van der Waals surface area contributed by atoms with E-state index in [2.05, 4.69) is 42.5 Å². The van der Waals surface area contributed by atoms with Gasteiger partial charge in [-0.3, -0.25) is 0 Å². The highest BCUT2D eigenvalue weighted by atomic mass is 32.1. The molecule has 1 heterocycles. The highest BCUT2D eigenvalue weighted by Gasteiger charge is 2.08. The molecule has 0 aliphatic rings. The van der Waals surface area contributed by atoms with E-state index >= 15 is 0 Å². The molecular formula is C11H19N3S. The fraction of sp³-hybridized carbons (Fsp3) is 0.636. The van der Waals surface area contributed by atoms with Crippen molar-refractivity contribution >= 4 is 17.0 Å². The Bertz CT molecular complexity index is 431. The van der Waals surface area contributed by atoms with Crippen LogP contribution in [-0.4, -0.2) is 10.3 Å².